The number of benzene rings is 1. The average molecular weight is 293 g/mol. The highest BCUT2D eigenvalue weighted by atomic mass is 16.5. The summed E-state index contributed by atoms with van der Waals surface area (Å²) in [7, 11) is 0. The Hall–Kier alpha value is -2.04. The highest BCUT2D eigenvalue weighted by Crippen LogP contribution is 2.21. The molecule has 116 valence electrons. The van der Waals surface area contributed by atoms with Crippen molar-refractivity contribution in [3.8, 4) is 5.75 Å². The van der Waals surface area contributed by atoms with Crippen LogP contribution in [0.4, 0.5) is 0 Å². The molecule has 1 unspecified atom stereocenters. The van der Waals surface area contributed by atoms with Crippen LogP contribution in [-0.4, -0.2) is 29.6 Å². The largest absolute Gasteiger partial charge is 0.480 e. The smallest absolute Gasteiger partial charge is 0.322 e. The first-order chi connectivity index (χ1) is 9.81. The van der Waals surface area contributed by atoms with Crippen molar-refractivity contribution in [2.45, 2.75) is 39.7 Å². The van der Waals surface area contributed by atoms with Gasteiger partial charge in [0.05, 0.1) is 0 Å². The third-order valence-corrected chi connectivity index (χ3v) is 3.09. The molecule has 1 aromatic carbocycles. The molecule has 2 N–H and O–H groups in total. The Morgan fingerprint density at radius 2 is 1.71 bits per heavy atom. The van der Waals surface area contributed by atoms with E-state index in [2.05, 4.69) is 19.2 Å². The number of carbonyl (C=O) groups is 2. The number of amides is 1. The molecule has 0 fully saturated rings. The van der Waals surface area contributed by atoms with Gasteiger partial charge in [0.25, 0.3) is 5.91 Å². The van der Waals surface area contributed by atoms with Gasteiger partial charge in [-0.1, -0.05) is 39.8 Å². The zero-order valence-electron chi connectivity index (χ0n) is 12.9. The molecule has 1 amide bonds. The lowest BCUT2D eigenvalue weighted by Gasteiger charge is -2.21. The van der Waals surface area contributed by atoms with Gasteiger partial charge in [-0.2, -0.15) is 0 Å². The standard InChI is InChI=1S/C16H23NO4/c1-10(2)12-5-7-13(8-6-12)21-15(11(3)4)16(20)17-9-14(18)19/h5-8,10-11,15H,9H2,1-4H3,(H,17,20)(H,18,19). The van der Waals surface area contributed by atoms with Gasteiger partial charge in [0, 0.05) is 0 Å². The minimum Gasteiger partial charge on any atom is -0.480 e. The molecule has 0 heterocycles. The minimum atomic E-state index is -1.08. The van der Waals surface area contributed by atoms with E-state index in [-0.39, 0.29) is 5.92 Å². The van der Waals surface area contributed by atoms with Crippen LogP contribution in [0, 0.1) is 5.92 Å². The molecule has 1 aromatic rings. The van der Waals surface area contributed by atoms with Crippen LogP contribution in [0.5, 0.6) is 5.75 Å². The summed E-state index contributed by atoms with van der Waals surface area (Å²) in [6.45, 7) is 7.51. The highest BCUT2D eigenvalue weighted by Gasteiger charge is 2.24. The second kappa shape index (κ2) is 7.67. The van der Waals surface area contributed by atoms with Crippen LogP contribution >= 0.6 is 0 Å². The van der Waals surface area contributed by atoms with Gasteiger partial charge in [0.2, 0.25) is 0 Å². The van der Waals surface area contributed by atoms with E-state index in [9.17, 15) is 9.59 Å². The molecule has 0 aliphatic heterocycles. The second-order valence-corrected chi connectivity index (χ2v) is 5.62. The Labute approximate surface area is 125 Å². The van der Waals surface area contributed by atoms with Crippen molar-refractivity contribution < 1.29 is 19.4 Å². The van der Waals surface area contributed by atoms with Crippen LogP contribution in [0.1, 0.15) is 39.2 Å². The topological polar surface area (TPSA) is 75.6 Å². The minimum absolute atomic E-state index is 0.0661. The van der Waals surface area contributed by atoms with Gasteiger partial charge in [0.15, 0.2) is 6.10 Å². The Morgan fingerprint density at radius 1 is 1.14 bits per heavy atom. The Morgan fingerprint density at radius 3 is 2.14 bits per heavy atom. The van der Waals surface area contributed by atoms with E-state index in [4.69, 9.17) is 9.84 Å². The van der Waals surface area contributed by atoms with Crippen molar-refractivity contribution in [1.29, 1.82) is 0 Å². The predicted molar refractivity (Wildman–Crippen MR) is 80.4 cm³/mol. The number of carboxylic acid groups (broad SMARTS) is 1. The summed E-state index contributed by atoms with van der Waals surface area (Å²) in [5, 5.41) is 10.9. The molecule has 5 nitrogen and oxygen atoms in total. The first kappa shape index (κ1) is 17.0. The fourth-order valence-electron chi connectivity index (χ4n) is 1.83. The summed E-state index contributed by atoms with van der Waals surface area (Å²) in [4.78, 5) is 22.5. The number of carboxylic acids is 1. The van der Waals surface area contributed by atoms with E-state index >= 15 is 0 Å². The van der Waals surface area contributed by atoms with Gasteiger partial charge in [-0.25, -0.2) is 0 Å². The van der Waals surface area contributed by atoms with Crippen molar-refractivity contribution in [1.82, 2.24) is 5.32 Å². The zero-order chi connectivity index (χ0) is 16.0. The summed E-state index contributed by atoms with van der Waals surface area (Å²) >= 11 is 0. The molecule has 0 bridgehead atoms. The molecule has 0 aliphatic carbocycles. The van der Waals surface area contributed by atoms with Crippen LogP contribution in [0.3, 0.4) is 0 Å². The molecule has 0 aromatic heterocycles. The maximum atomic E-state index is 12.0. The van der Waals surface area contributed by atoms with E-state index in [0.29, 0.717) is 11.7 Å². The molecule has 0 spiro atoms. The number of hydrogen-bond donors (Lipinski definition) is 2. The summed E-state index contributed by atoms with van der Waals surface area (Å²) in [6.07, 6.45) is -0.714. The highest BCUT2D eigenvalue weighted by molar-refractivity contribution is 5.84. The fraction of sp³-hybridized carbons (Fsp3) is 0.500. The number of carbonyl (C=O) groups excluding carboxylic acids is 1. The third kappa shape index (κ3) is 5.45. The molecule has 0 saturated carbocycles. The molecule has 5 heteroatoms. The summed E-state index contributed by atoms with van der Waals surface area (Å²) in [6, 6.07) is 7.59. The Balaban J connectivity index is 2.73. The molecule has 21 heavy (non-hydrogen) atoms. The molecular weight excluding hydrogens is 270 g/mol. The predicted octanol–water partition coefficient (Wildman–Crippen LogP) is 2.41. The van der Waals surface area contributed by atoms with E-state index in [1.807, 2.05) is 38.1 Å². The lowest BCUT2D eigenvalue weighted by Crippen LogP contribution is -2.43. The second-order valence-electron chi connectivity index (χ2n) is 5.62. The van der Waals surface area contributed by atoms with Crippen LogP contribution in [-0.2, 0) is 9.59 Å². The Bertz CT molecular complexity index is 480. The lowest BCUT2D eigenvalue weighted by atomic mass is 10.0. The molecular formula is C16H23NO4. The normalized spacial score (nSPS) is 12.3. The molecule has 1 atom stereocenters. The van der Waals surface area contributed by atoms with Crippen molar-refractivity contribution in [2.24, 2.45) is 5.92 Å². The lowest BCUT2D eigenvalue weighted by molar-refractivity contribution is -0.139. The monoisotopic (exact) mass is 293 g/mol. The number of nitrogens with one attached hydrogen (secondary N) is 1. The van der Waals surface area contributed by atoms with Gasteiger partial charge < -0.3 is 15.2 Å². The van der Waals surface area contributed by atoms with Crippen molar-refractivity contribution >= 4 is 11.9 Å². The van der Waals surface area contributed by atoms with E-state index in [0.717, 1.165) is 0 Å². The number of aliphatic carboxylic acids is 1. The van der Waals surface area contributed by atoms with Gasteiger partial charge in [-0.15, -0.1) is 0 Å². The summed E-state index contributed by atoms with van der Waals surface area (Å²) in [5.41, 5.74) is 1.19. The maximum absolute atomic E-state index is 12.0. The van der Waals surface area contributed by atoms with E-state index < -0.39 is 24.5 Å². The van der Waals surface area contributed by atoms with Crippen LogP contribution < -0.4 is 10.1 Å². The van der Waals surface area contributed by atoms with Gasteiger partial charge >= 0.3 is 5.97 Å². The van der Waals surface area contributed by atoms with E-state index in [1.165, 1.54) is 5.56 Å². The first-order valence-corrected chi connectivity index (χ1v) is 7.07. The van der Waals surface area contributed by atoms with Gasteiger partial charge in [-0.05, 0) is 29.5 Å². The maximum Gasteiger partial charge on any atom is 0.322 e. The van der Waals surface area contributed by atoms with Crippen molar-refractivity contribution in [3.63, 3.8) is 0 Å². The molecule has 0 aliphatic rings. The molecule has 1 rings (SSSR count). The van der Waals surface area contributed by atoms with E-state index in [1.54, 1.807) is 0 Å². The first-order valence-electron chi connectivity index (χ1n) is 7.07. The van der Waals surface area contributed by atoms with Gasteiger partial charge in [-0.3, -0.25) is 9.59 Å². The quantitative estimate of drug-likeness (QED) is 0.809. The van der Waals surface area contributed by atoms with Crippen LogP contribution in [0.25, 0.3) is 0 Å². The average Bonchev–Trinajstić information content (AvgIpc) is 2.42. The van der Waals surface area contributed by atoms with Crippen molar-refractivity contribution in [2.75, 3.05) is 6.54 Å². The summed E-state index contributed by atoms with van der Waals surface area (Å²) in [5.74, 6) is -0.529. The van der Waals surface area contributed by atoms with Crippen LogP contribution in [0.2, 0.25) is 0 Å². The SMILES string of the molecule is CC(C)c1ccc(OC(C(=O)NCC(=O)O)C(C)C)cc1. The summed E-state index contributed by atoms with van der Waals surface area (Å²) < 4.78 is 5.70. The van der Waals surface area contributed by atoms with Gasteiger partial charge in [0.1, 0.15) is 12.3 Å². The zero-order valence-corrected chi connectivity index (χ0v) is 12.9. The number of hydrogen-bond acceptors (Lipinski definition) is 3. The third-order valence-electron chi connectivity index (χ3n) is 3.09. The molecule has 0 saturated heterocycles. The van der Waals surface area contributed by atoms with Crippen LogP contribution in [0.15, 0.2) is 24.3 Å². The molecule has 0 radical (unpaired) electrons. The fourth-order valence-corrected chi connectivity index (χ4v) is 1.83. The Kier molecular flexibility index (Phi) is 6.21. The van der Waals surface area contributed by atoms with Crippen molar-refractivity contribution in [3.05, 3.63) is 29.8 Å². The number of ether oxygens (including phenoxy) is 1. The number of rotatable bonds is 7.